The molecule has 130 valence electrons. The number of nitrogens with one attached hydrogen (secondary N) is 1. The maximum absolute atomic E-state index is 11.8. The van der Waals surface area contributed by atoms with Gasteiger partial charge >= 0.3 is 0 Å². The maximum Gasteiger partial charge on any atom is 0.182 e. The van der Waals surface area contributed by atoms with Crippen LogP contribution in [-0.4, -0.2) is 15.0 Å². The molecule has 0 saturated heterocycles. The van der Waals surface area contributed by atoms with E-state index in [1.54, 1.807) is 12.4 Å². The molecule has 0 aliphatic heterocycles. The topological polar surface area (TPSA) is 58.6 Å². The average molecular weight is 350 g/mol. The van der Waals surface area contributed by atoms with Crippen molar-refractivity contribution in [2.75, 3.05) is 0 Å². The van der Waals surface area contributed by atoms with Gasteiger partial charge in [0.25, 0.3) is 0 Å². The Bertz CT molecular complexity index is 1020. The van der Waals surface area contributed by atoms with Gasteiger partial charge in [-0.05, 0) is 24.3 Å². The minimum Gasteiger partial charge on any atom is -0.366 e. The molecule has 4 aromatic rings. The number of benzene rings is 1. The summed E-state index contributed by atoms with van der Waals surface area (Å²) in [5, 5.41) is 0. The van der Waals surface area contributed by atoms with Crippen molar-refractivity contribution in [1.29, 1.82) is 0 Å². The normalized spacial score (nSPS) is 9.59. The van der Waals surface area contributed by atoms with E-state index in [-0.39, 0.29) is 5.43 Å². The smallest absolute Gasteiger partial charge is 0.182 e. The largest absolute Gasteiger partial charge is 0.366 e. The van der Waals surface area contributed by atoms with Gasteiger partial charge in [0.05, 0.1) is 22.8 Å². The molecule has 0 bridgehead atoms. The summed E-state index contributed by atoms with van der Waals surface area (Å²) in [6, 6.07) is 23.6. The lowest BCUT2D eigenvalue weighted by atomic mass is 10.2. The summed E-state index contributed by atoms with van der Waals surface area (Å²) < 4.78 is 0. The van der Waals surface area contributed by atoms with Gasteiger partial charge in [0, 0.05) is 24.5 Å². The number of hydrogen-bond donors (Lipinski definition) is 1. The third-order valence-electron chi connectivity index (χ3n) is 3.64. The van der Waals surface area contributed by atoms with Gasteiger partial charge in [0.1, 0.15) is 0 Å². The van der Waals surface area contributed by atoms with Crippen LogP contribution in [0.4, 0.5) is 0 Å². The van der Waals surface area contributed by atoms with Crippen LogP contribution >= 0.6 is 0 Å². The predicted molar refractivity (Wildman–Crippen MR) is 106 cm³/mol. The van der Waals surface area contributed by atoms with E-state index in [1.165, 1.54) is 12.1 Å². The lowest BCUT2D eigenvalue weighted by molar-refractivity contribution is 1.21. The molecule has 0 fully saturated rings. The maximum atomic E-state index is 11.8. The predicted octanol–water partition coefficient (Wildman–Crippen LogP) is 4.12. The molecule has 0 radical (unpaired) electrons. The Hall–Kier alpha value is -3.97. The van der Waals surface area contributed by atoms with Gasteiger partial charge in [-0.25, -0.2) is 0 Å². The van der Waals surface area contributed by atoms with E-state index in [4.69, 9.17) is 6.42 Å². The number of aromatic amines is 1. The summed E-state index contributed by atoms with van der Waals surface area (Å²) in [5.41, 5.74) is 3.60. The molecule has 4 heteroatoms. The summed E-state index contributed by atoms with van der Waals surface area (Å²) >= 11 is 0. The zero-order chi connectivity index (χ0) is 18.9. The fourth-order valence-electron chi connectivity index (χ4n) is 2.39. The van der Waals surface area contributed by atoms with E-state index < -0.39 is 0 Å². The third-order valence-corrected chi connectivity index (χ3v) is 3.64. The number of nitrogens with zero attached hydrogens (tertiary/aromatic N) is 2. The highest BCUT2D eigenvalue weighted by atomic mass is 16.1. The molecule has 0 atom stereocenters. The van der Waals surface area contributed by atoms with E-state index in [0.717, 1.165) is 17.0 Å². The second-order valence-corrected chi connectivity index (χ2v) is 5.56. The molecule has 3 heterocycles. The Morgan fingerprint density at radius 2 is 1.26 bits per heavy atom. The molecule has 3 aromatic heterocycles. The summed E-state index contributed by atoms with van der Waals surface area (Å²) in [6.45, 7) is 0. The van der Waals surface area contributed by atoms with Crippen LogP contribution < -0.4 is 5.43 Å². The number of aromatic nitrogens is 3. The quantitative estimate of drug-likeness (QED) is 0.437. The van der Waals surface area contributed by atoms with Gasteiger partial charge in [-0.3, -0.25) is 20.7 Å². The Kier molecular flexibility index (Phi) is 5.90. The summed E-state index contributed by atoms with van der Waals surface area (Å²) in [5.74, 6) is 2.28. The zero-order valence-electron chi connectivity index (χ0n) is 14.5. The number of rotatable bonds is 2. The first-order valence-corrected chi connectivity index (χ1v) is 8.31. The molecule has 0 saturated carbocycles. The van der Waals surface area contributed by atoms with Gasteiger partial charge in [0.2, 0.25) is 0 Å². The molecule has 0 aliphatic rings. The van der Waals surface area contributed by atoms with E-state index >= 15 is 0 Å². The number of pyridine rings is 3. The fraction of sp³-hybridized carbons (Fsp3) is 0. The van der Waals surface area contributed by atoms with Crippen molar-refractivity contribution in [3.8, 4) is 28.7 Å². The Balaban J connectivity index is 0.000000221. The van der Waals surface area contributed by atoms with Crippen LogP contribution in [-0.2, 0) is 0 Å². The highest BCUT2D eigenvalue weighted by Crippen LogP contribution is 2.17. The second-order valence-electron chi connectivity index (χ2n) is 5.56. The SMILES string of the molecule is O=c1cc(-c2ccccn2)[nH]c(-c2ccccn2)c1.[C-]#Cc1ccccc1. The molecule has 1 aromatic carbocycles. The van der Waals surface area contributed by atoms with Crippen molar-refractivity contribution >= 4 is 0 Å². The third kappa shape index (κ3) is 5.00. The lowest BCUT2D eigenvalue weighted by Crippen LogP contribution is -2.03. The molecule has 0 spiro atoms. The standard InChI is InChI=1S/C15H11N3O.C8H5/c19-11-9-14(12-5-1-3-7-16-12)18-15(10-11)13-6-2-4-8-17-13;1-2-8-6-4-3-5-7-8/h1-10H,(H,18,19);3-7H/q;-1. The summed E-state index contributed by atoms with van der Waals surface area (Å²) in [4.78, 5) is 23.4. The van der Waals surface area contributed by atoms with E-state index in [1.807, 2.05) is 66.7 Å². The van der Waals surface area contributed by atoms with Gasteiger partial charge in [-0.1, -0.05) is 30.3 Å². The van der Waals surface area contributed by atoms with Crippen LogP contribution in [0.2, 0.25) is 0 Å². The van der Waals surface area contributed by atoms with Gasteiger partial charge in [0.15, 0.2) is 5.43 Å². The second kappa shape index (κ2) is 8.93. The molecule has 0 aliphatic carbocycles. The first-order valence-electron chi connectivity index (χ1n) is 8.31. The molecule has 0 amide bonds. The first kappa shape index (κ1) is 17.8. The zero-order valence-corrected chi connectivity index (χ0v) is 14.5. The van der Waals surface area contributed by atoms with Crippen molar-refractivity contribution in [2.45, 2.75) is 0 Å². The Labute approximate surface area is 157 Å². The molecular formula is C23H16N3O-. The van der Waals surface area contributed by atoms with Gasteiger partial charge < -0.3 is 11.4 Å². The Morgan fingerprint density at radius 1 is 0.741 bits per heavy atom. The molecule has 4 nitrogen and oxygen atoms in total. The van der Waals surface area contributed by atoms with Crippen molar-refractivity contribution in [1.82, 2.24) is 15.0 Å². The van der Waals surface area contributed by atoms with Gasteiger partial charge in [-0.15, -0.1) is 17.7 Å². The van der Waals surface area contributed by atoms with E-state index in [9.17, 15) is 4.79 Å². The molecule has 4 rings (SSSR count). The molecule has 0 unspecified atom stereocenters. The highest BCUT2D eigenvalue weighted by molar-refractivity contribution is 5.61. The lowest BCUT2D eigenvalue weighted by Gasteiger charge is -2.05. The fourth-order valence-corrected chi connectivity index (χ4v) is 2.39. The molecular weight excluding hydrogens is 334 g/mol. The van der Waals surface area contributed by atoms with Crippen molar-refractivity contribution in [3.05, 3.63) is 113 Å². The van der Waals surface area contributed by atoms with Crippen LogP contribution in [0, 0.1) is 12.3 Å². The monoisotopic (exact) mass is 350 g/mol. The van der Waals surface area contributed by atoms with Crippen LogP contribution in [0.1, 0.15) is 5.56 Å². The number of hydrogen-bond acceptors (Lipinski definition) is 3. The van der Waals surface area contributed by atoms with Crippen molar-refractivity contribution < 1.29 is 0 Å². The van der Waals surface area contributed by atoms with Crippen LogP contribution in [0.3, 0.4) is 0 Å². The minimum absolute atomic E-state index is 0.0694. The van der Waals surface area contributed by atoms with E-state index in [2.05, 4.69) is 20.9 Å². The average Bonchev–Trinajstić information content (AvgIpc) is 2.75. The Morgan fingerprint density at radius 3 is 1.67 bits per heavy atom. The van der Waals surface area contributed by atoms with Crippen LogP contribution in [0.5, 0.6) is 0 Å². The minimum atomic E-state index is -0.0694. The summed E-state index contributed by atoms with van der Waals surface area (Å²) in [6.07, 6.45) is 10.1. The molecule has 27 heavy (non-hydrogen) atoms. The van der Waals surface area contributed by atoms with E-state index in [0.29, 0.717) is 11.4 Å². The first-order chi connectivity index (χ1) is 13.3. The van der Waals surface area contributed by atoms with Crippen molar-refractivity contribution in [2.24, 2.45) is 0 Å². The van der Waals surface area contributed by atoms with Gasteiger partial charge in [-0.2, -0.15) is 0 Å². The number of H-pyrrole nitrogens is 1. The summed E-state index contributed by atoms with van der Waals surface area (Å²) in [7, 11) is 0. The van der Waals surface area contributed by atoms with Crippen LogP contribution in [0.25, 0.3) is 22.8 Å². The highest BCUT2D eigenvalue weighted by Gasteiger charge is 2.05. The van der Waals surface area contributed by atoms with Crippen molar-refractivity contribution in [3.63, 3.8) is 0 Å². The van der Waals surface area contributed by atoms with Crippen LogP contribution in [0.15, 0.2) is 96.1 Å². The molecule has 1 N–H and O–H groups in total.